The van der Waals surface area contributed by atoms with Gasteiger partial charge >= 0.3 is 0 Å². The summed E-state index contributed by atoms with van der Waals surface area (Å²) in [5.74, 6) is -0.284. The molecule has 0 aliphatic heterocycles. The molecule has 0 heterocycles. The van der Waals surface area contributed by atoms with Crippen molar-refractivity contribution in [3.8, 4) is 0 Å². The number of oxime groups is 1. The van der Waals surface area contributed by atoms with Crippen molar-refractivity contribution in [1.29, 1.82) is 0 Å². The SMILES string of the molecule is CN(C)c1ccc(C(C/C(=N\O)c2ccc(F)cc2)c2ccccc2)cc1. The molecular weight excluding hydrogens is 339 g/mol. The molecule has 0 spiro atoms. The molecule has 0 saturated carbocycles. The summed E-state index contributed by atoms with van der Waals surface area (Å²) in [6, 6.07) is 24.5. The quantitative estimate of drug-likeness (QED) is 0.367. The molecule has 1 atom stereocenters. The first-order chi connectivity index (χ1) is 13.1. The van der Waals surface area contributed by atoms with Gasteiger partial charge in [-0.05, 0) is 41.0 Å². The Labute approximate surface area is 159 Å². The summed E-state index contributed by atoms with van der Waals surface area (Å²) in [4.78, 5) is 2.06. The molecule has 4 heteroatoms. The fourth-order valence-electron chi connectivity index (χ4n) is 3.17. The van der Waals surface area contributed by atoms with Crippen molar-refractivity contribution in [2.75, 3.05) is 19.0 Å². The summed E-state index contributed by atoms with van der Waals surface area (Å²) < 4.78 is 13.2. The van der Waals surface area contributed by atoms with Crippen LogP contribution in [0.25, 0.3) is 0 Å². The average molecular weight is 362 g/mol. The second kappa shape index (κ2) is 8.49. The topological polar surface area (TPSA) is 35.8 Å². The molecule has 3 nitrogen and oxygen atoms in total. The van der Waals surface area contributed by atoms with Gasteiger partial charge in [-0.15, -0.1) is 0 Å². The van der Waals surface area contributed by atoms with Crippen LogP contribution < -0.4 is 4.90 Å². The van der Waals surface area contributed by atoms with Crippen LogP contribution in [0, 0.1) is 5.82 Å². The number of benzene rings is 3. The Morgan fingerprint density at radius 3 is 2.04 bits per heavy atom. The minimum absolute atomic E-state index is 0.0263. The molecule has 0 radical (unpaired) electrons. The van der Waals surface area contributed by atoms with Crippen LogP contribution in [-0.4, -0.2) is 25.0 Å². The summed E-state index contributed by atoms with van der Waals surface area (Å²) in [5.41, 5.74) is 4.64. The van der Waals surface area contributed by atoms with Gasteiger partial charge in [0.25, 0.3) is 0 Å². The summed E-state index contributed by atoms with van der Waals surface area (Å²) >= 11 is 0. The maximum Gasteiger partial charge on any atom is 0.123 e. The van der Waals surface area contributed by atoms with E-state index in [-0.39, 0.29) is 11.7 Å². The van der Waals surface area contributed by atoms with E-state index in [1.54, 1.807) is 12.1 Å². The van der Waals surface area contributed by atoms with Crippen LogP contribution in [0.15, 0.2) is 84.0 Å². The van der Waals surface area contributed by atoms with E-state index in [0.717, 1.165) is 16.8 Å². The van der Waals surface area contributed by atoms with E-state index in [1.165, 1.54) is 12.1 Å². The first kappa shape index (κ1) is 18.6. The van der Waals surface area contributed by atoms with Crippen molar-refractivity contribution >= 4 is 11.4 Å². The minimum Gasteiger partial charge on any atom is -0.411 e. The molecule has 3 aromatic rings. The number of anilines is 1. The largest absolute Gasteiger partial charge is 0.411 e. The molecule has 1 N–H and O–H groups in total. The zero-order valence-electron chi connectivity index (χ0n) is 15.5. The molecule has 0 aliphatic carbocycles. The third-order valence-electron chi connectivity index (χ3n) is 4.71. The van der Waals surface area contributed by atoms with Crippen LogP contribution in [0.3, 0.4) is 0 Å². The third kappa shape index (κ3) is 4.53. The predicted molar refractivity (Wildman–Crippen MR) is 108 cm³/mol. The van der Waals surface area contributed by atoms with Crippen LogP contribution in [0.5, 0.6) is 0 Å². The van der Waals surface area contributed by atoms with Crippen LogP contribution in [0.1, 0.15) is 29.0 Å². The van der Waals surface area contributed by atoms with Crippen LogP contribution >= 0.6 is 0 Å². The fourth-order valence-corrected chi connectivity index (χ4v) is 3.17. The maximum absolute atomic E-state index is 13.2. The summed E-state index contributed by atoms with van der Waals surface area (Å²) in [5, 5.41) is 13.1. The van der Waals surface area contributed by atoms with Crippen LogP contribution in [0.2, 0.25) is 0 Å². The molecular formula is C23H23FN2O. The number of halogens is 1. The molecule has 0 bridgehead atoms. The van der Waals surface area contributed by atoms with Gasteiger partial charge in [0.15, 0.2) is 0 Å². The zero-order chi connectivity index (χ0) is 19.2. The lowest BCUT2D eigenvalue weighted by atomic mass is 9.85. The Balaban J connectivity index is 1.96. The smallest absolute Gasteiger partial charge is 0.123 e. The van der Waals surface area contributed by atoms with E-state index in [2.05, 4.69) is 46.5 Å². The predicted octanol–water partition coefficient (Wildman–Crippen LogP) is 5.29. The Bertz CT molecular complexity index is 888. The lowest BCUT2D eigenvalue weighted by Gasteiger charge is -2.20. The molecule has 3 rings (SSSR count). The van der Waals surface area contributed by atoms with Gasteiger partial charge in [-0.2, -0.15) is 0 Å². The second-order valence-electron chi connectivity index (χ2n) is 6.71. The molecule has 0 saturated heterocycles. The normalized spacial score (nSPS) is 12.6. The average Bonchev–Trinajstić information content (AvgIpc) is 2.70. The van der Waals surface area contributed by atoms with Gasteiger partial charge in [0.2, 0.25) is 0 Å². The summed E-state index contributed by atoms with van der Waals surface area (Å²) in [6.45, 7) is 0. The Morgan fingerprint density at radius 1 is 0.889 bits per heavy atom. The zero-order valence-corrected chi connectivity index (χ0v) is 15.5. The molecule has 3 aromatic carbocycles. The Morgan fingerprint density at radius 2 is 1.48 bits per heavy atom. The van der Waals surface area contributed by atoms with Gasteiger partial charge in [0, 0.05) is 32.1 Å². The van der Waals surface area contributed by atoms with Crippen LogP contribution in [0.4, 0.5) is 10.1 Å². The van der Waals surface area contributed by atoms with Crippen molar-refractivity contribution in [3.05, 3.63) is 101 Å². The van der Waals surface area contributed by atoms with E-state index in [9.17, 15) is 9.60 Å². The first-order valence-corrected chi connectivity index (χ1v) is 8.87. The summed E-state index contributed by atoms with van der Waals surface area (Å²) in [7, 11) is 4.02. The molecule has 0 aromatic heterocycles. The van der Waals surface area contributed by atoms with Crippen molar-refractivity contribution in [3.63, 3.8) is 0 Å². The van der Waals surface area contributed by atoms with E-state index in [0.29, 0.717) is 17.7 Å². The monoisotopic (exact) mass is 362 g/mol. The van der Waals surface area contributed by atoms with Gasteiger partial charge in [-0.1, -0.05) is 59.8 Å². The van der Waals surface area contributed by atoms with E-state index < -0.39 is 0 Å². The van der Waals surface area contributed by atoms with Gasteiger partial charge in [-0.25, -0.2) is 4.39 Å². The van der Waals surface area contributed by atoms with Crippen molar-refractivity contribution < 1.29 is 9.60 Å². The lowest BCUT2D eigenvalue weighted by Crippen LogP contribution is -2.12. The minimum atomic E-state index is -0.310. The highest BCUT2D eigenvalue weighted by molar-refractivity contribution is 6.00. The Hall–Kier alpha value is -3.14. The Kier molecular flexibility index (Phi) is 5.87. The van der Waals surface area contributed by atoms with E-state index >= 15 is 0 Å². The molecule has 0 fully saturated rings. The van der Waals surface area contributed by atoms with Gasteiger partial charge in [-0.3, -0.25) is 0 Å². The highest BCUT2D eigenvalue weighted by atomic mass is 19.1. The maximum atomic E-state index is 13.2. The number of rotatable bonds is 6. The highest BCUT2D eigenvalue weighted by Gasteiger charge is 2.19. The fraction of sp³-hybridized carbons (Fsp3) is 0.174. The molecule has 27 heavy (non-hydrogen) atoms. The highest BCUT2D eigenvalue weighted by Crippen LogP contribution is 2.31. The standard InChI is InChI=1S/C23H23FN2O/c1-26(2)21-14-10-18(11-15-21)22(17-6-4-3-5-7-17)16-23(25-27)19-8-12-20(24)13-9-19/h3-15,22,27H,16H2,1-2H3/b25-23+. The van der Waals surface area contributed by atoms with Gasteiger partial charge in [0.05, 0.1) is 5.71 Å². The number of hydrogen-bond donors (Lipinski definition) is 1. The lowest BCUT2D eigenvalue weighted by molar-refractivity contribution is 0.317. The molecule has 1 unspecified atom stereocenters. The first-order valence-electron chi connectivity index (χ1n) is 8.87. The van der Waals surface area contributed by atoms with Gasteiger partial charge < -0.3 is 10.1 Å². The van der Waals surface area contributed by atoms with Crippen molar-refractivity contribution in [2.45, 2.75) is 12.3 Å². The molecule has 0 amide bonds. The van der Waals surface area contributed by atoms with Crippen molar-refractivity contribution in [2.24, 2.45) is 5.16 Å². The number of hydrogen-bond acceptors (Lipinski definition) is 3. The molecule has 0 aliphatic rings. The second-order valence-corrected chi connectivity index (χ2v) is 6.71. The molecule has 138 valence electrons. The number of nitrogens with zero attached hydrogens (tertiary/aromatic N) is 2. The van der Waals surface area contributed by atoms with Gasteiger partial charge in [0.1, 0.15) is 5.82 Å². The van der Waals surface area contributed by atoms with Crippen LogP contribution in [-0.2, 0) is 0 Å². The third-order valence-corrected chi connectivity index (χ3v) is 4.71. The van der Waals surface area contributed by atoms with Crippen molar-refractivity contribution in [1.82, 2.24) is 0 Å². The van der Waals surface area contributed by atoms with E-state index in [4.69, 9.17) is 0 Å². The van der Waals surface area contributed by atoms with E-state index in [1.807, 2.05) is 32.3 Å². The summed E-state index contributed by atoms with van der Waals surface area (Å²) in [6.07, 6.45) is 0.507.